The van der Waals surface area contributed by atoms with E-state index in [2.05, 4.69) is 15.6 Å². The van der Waals surface area contributed by atoms with Crippen molar-refractivity contribution in [2.45, 2.75) is 13.8 Å². The molecular weight excluding hydrogens is 299 g/mol. The van der Waals surface area contributed by atoms with Gasteiger partial charge in [0.1, 0.15) is 11.6 Å². The second-order valence-corrected chi connectivity index (χ2v) is 5.74. The highest BCUT2D eigenvalue weighted by Gasteiger charge is 2.15. The summed E-state index contributed by atoms with van der Waals surface area (Å²) in [5, 5.41) is 6.59. The number of amides is 1. The smallest absolute Gasteiger partial charge is 0.239 e. The highest BCUT2D eigenvalue weighted by molar-refractivity contribution is 6.37. The van der Waals surface area contributed by atoms with Crippen LogP contribution in [-0.4, -0.2) is 38.1 Å². The number of hydrogen-bond acceptors (Lipinski definition) is 4. The second-order valence-electron chi connectivity index (χ2n) is 4.93. The molecule has 0 aliphatic heterocycles. The zero-order valence-electron chi connectivity index (χ0n) is 12.1. The Balaban J connectivity index is 2.76. The van der Waals surface area contributed by atoms with Crippen LogP contribution in [0.3, 0.4) is 0 Å². The predicted molar refractivity (Wildman–Crippen MR) is 84.9 cm³/mol. The number of anilines is 2. The van der Waals surface area contributed by atoms with Gasteiger partial charge in [-0.1, -0.05) is 37.0 Å². The number of carbonyl (C=O) groups excluding carboxylic acids is 1. The van der Waals surface area contributed by atoms with Crippen LogP contribution in [0.5, 0.6) is 0 Å². The molecule has 1 heterocycles. The average Bonchev–Trinajstić information content (AvgIpc) is 2.36. The Hall–Kier alpha value is -1.20. The summed E-state index contributed by atoms with van der Waals surface area (Å²) in [7, 11) is 3.48. The number of likely N-dealkylation sites (N-methyl/N-ethyl adjacent to an activating group) is 1. The van der Waals surface area contributed by atoms with Gasteiger partial charge in [0.2, 0.25) is 5.91 Å². The second kappa shape index (κ2) is 7.55. The molecule has 2 N–H and O–H groups in total. The lowest BCUT2D eigenvalue weighted by Crippen LogP contribution is -2.37. The van der Waals surface area contributed by atoms with Crippen LogP contribution in [0.4, 0.5) is 11.6 Å². The molecule has 1 aromatic rings. The van der Waals surface area contributed by atoms with Gasteiger partial charge in [0.05, 0.1) is 16.6 Å². The van der Waals surface area contributed by atoms with Gasteiger partial charge in [-0.3, -0.25) is 4.79 Å². The Morgan fingerprint density at radius 2 is 2.05 bits per heavy atom. The van der Waals surface area contributed by atoms with E-state index in [1.165, 1.54) is 0 Å². The van der Waals surface area contributed by atoms with E-state index in [-0.39, 0.29) is 12.5 Å². The molecule has 20 heavy (non-hydrogen) atoms. The molecule has 0 spiro atoms. The fourth-order valence-electron chi connectivity index (χ4n) is 1.56. The molecule has 0 unspecified atom stereocenters. The van der Waals surface area contributed by atoms with Crippen LogP contribution >= 0.6 is 23.2 Å². The van der Waals surface area contributed by atoms with Gasteiger partial charge in [-0.25, -0.2) is 4.98 Å². The van der Waals surface area contributed by atoms with E-state index in [4.69, 9.17) is 23.2 Å². The number of rotatable bonds is 6. The third-order valence-corrected chi connectivity index (χ3v) is 3.16. The first kappa shape index (κ1) is 16.9. The van der Waals surface area contributed by atoms with E-state index in [1.807, 2.05) is 13.8 Å². The Bertz CT molecular complexity index is 480. The number of nitrogens with zero attached hydrogens (tertiary/aromatic N) is 2. The van der Waals surface area contributed by atoms with Crippen molar-refractivity contribution in [1.82, 2.24) is 10.3 Å². The van der Waals surface area contributed by atoms with Crippen LogP contribution in [0.25, 0.3) is 0 Å². The molecular formula is C13H20Cl2N4O. The number of pyridine rings is 1. The lowest BCUT2D eigenvalue weighted by molar-refractivity contribution is -0.119. The standard InChI is InChI=1S/C13H20Cl2N4O/c1-8(2)6-17-11(20)7-19(4)13-10(15)5-9(14)12(16-3)18-13/h5,8H,6-7H2,1-4H3,(H,16,18)(H,17,20). The summed E-state index contributed by atoms with van der Waals surface area (Å²) in [6.45, 7) is 4.92. The monoisotopic (exact) mass is 318 g/mol. The molecule has 0 aliphatic rings. The number of nitrogens with one attached hydrogen (secondary N) is 2. The van der Waals surface area contributed by atoms with Crippen molar-refractivity contribution in [2.75, 3.05) is 37.4 Å². The van der Waals surface area contributed by atoms with Crippen LogP contribution in [0, 0.1) is 5.92 Å². The molecule has 1 amide bonds. The summed E-state index contributed by atoms with van der Waals surface area (Å²) in [5.74, 6) is 1.39. The summed E-state index contributed by atoms with van der Waals surface area (Å²) in [6, 6.07) is 1.61. The molecule has 0 atom stereocenters. The van der Waals surface area contributed by atoms with E-state index in [9.17, 15) is 4.79 Å². The lowest BCUT2D eigenvalue weighted by Gasteiger charge is -2.20. The first-order valence-electron chi connectivity index (χ1n) is 6.36. The SMILES string of the molecule is CNc1nc(N(C)CC(=O)NCC(C)C)c(Cl)cc1Cl. The maximum atomic E-state index is 11.8. The van der Waals surface area contributed by atoms with Gasteiger partial charge >= 0.3 is 0 Å². The quantitative estimate of drug-likeness (QED) is 0.846. The van der Waals surface area contributed by atoms with Gasteiger partial charge < -0.3 is 15.5 Å². The van der Waals surface area contributed by atoms with Crippen molar-refractivity contribution in [3.05, 3.63) is 16.1 Å². The topological polar surface area (TPSA) is 57.3 Å². The van der Waals surface area contributed by atoms with Crippen molar-refractivity contribution in [3.8, 4) is 0 Å². The third-order valence-electron chi connectivity index (χ3n) is 2.60. The maximum Gasteiger partial charge on any atom is 0.239 e. The van der Waals surface area contributed by atoms with E-state index in [0.717, 1.165) is 0 Å². The molecule has 0 aromatic carbocycles. The van der Waals surface area contributed by atoms with Crippen molar-refractivity contribution in [2.24, 2.45) is 5.92 Å². The van der Waals surface area contributed by atoms with Crippen LogP contribution in [0.2, 0.25) is 10.0 Å². The van der Waals surface area contributed by atoms with Gasteiger partial charge in [-0.2, -0.15) is 0 Å². The Morgan fingerprint density at radius 1 is 1.40 bits per heavy atom. The van der Waals surface area contributed by atoms with Gasteiger partial charge in [-0.05, 0) is 12.0 Å². The zero-order valence-corrected chi connectivity index (χ0v) is 13.6. The number of carbonyl (C=O) groups is 1. The van der Waals surface area contributed by atoms with E-state index < -0.39 is 0 Å². The molecule has 0 saturated carbocycles. The molecule has 5 nitrogen and oxygen atoms in total. The molecule has 0 bridgehead atoms. The maximum absolute atomic E-state index is 11.8. The van der Waals surface area contributed by atoms with Crippen LogP contribution < -0.4 is 15.5 Å². The van der Waals surface area contributed by atoms with Crippen LogP contribution in [-0.2, 0) is 4.79 Å². The van der Waals surface area contributed by atoms with E-state index >= 15 is 0 Å². The number of halogens is 2. The molecule has 112 valence electrons. The minimum Gasteiger partial charge on any atom is -0.372 e. The highest BCUT2D eigenvalue weighted by atomic mass is 35.5. The third kappa shape index (κ3) is 4.72. The summed E-state index contributed by atoms with van der Waals surface area (Å²) >= 11 is 12.1. The van der Waals surface area contributed by atoms with Crippen LogP contribution in [0.15, 0.2) is 6.07 Å². The zero-order chi connectivity index (χ0) is 15.3. The van der Waals surface area contributed by atoms with E-state index in [0.29, 0.717) is 34.1 Å². The largest absolute Gasteiger partial charge is 0.372 e. The molecule has 0 radical (unpaired) electrons. The summed E-state index contributed by atoms with van der Waals surface area (Å²) in [6.07, 6.45) is 0. The van der Waals surface area contributed by atoms with Gasteiger partial charge in [0.25, 0.3) is 0 Å². The number of aromatic nitrogens is 1. The molecule has 7 heteroatoms. The van der Waals surface area contributed by atoms with Crippen molar-refractivity contribution in [3.63, 3.8) is 0 Å². The van der Waals surface area contributed by atoms with Crippen molar-refractivity contribution < 1.29 is 4.79 Å². The molecule has 1 aromatic heterocycles. The minimum atomic E-state index is -0.0694. The summed E-state index contributed by atoms with van der Waals surface area (Å²) in [4.78, 5) is 17.8. The first-order chi connectivity index (χ1) is 9.35. The number of hydrogen-bond donors (Lipinski definition) is 2. The minimum absolute atomic E-state index is 0.0694. The Labute approximate surface area is 129 Å². The Kier molecular flexibility index (Phi) is 6.36. The molecule has 0 saturated heterocycles. The summed E-state index contributed by atoms with van der Waals surface area (Å²) in [5.41, 5.74) is 0. The van der Waals surface area contributed by atoms with Gasteiger partial charge in [0.15, 0.2) is 0 Å². The summed E-state index contributed by atoms with van der Waals surface area (Å²) < 4.78 is 0. The van der Waals surface area contributed by atoms with Gasteiger partial charge in [0, 0.05) is 20.6 Å². The predicted octanol–water partition coefficient (Wildman–Crippen LogP) is 2.64. The fourth-order valence-corrected chi connectivity index (χ4v) is 2.16. The first-order valence-corrected chi connectivity index (χ1v) is 7.12. The molecule has 0 aliphatic carbocycles. The fraction of sp³-hybridized carbons (Fsp3) is 0.538. The van der Waals surface area contributed by atoms with Crippen molar-refractivity contribution >= 4 is 40.7 Å². The molecule has 1 rings (SSSR count). The van der Waals surface area contributed by atoms with E-state index in [1.54, 1.807) is 25.1 Å². The lowest BCUT2D eigenvalue weighted by atomic mass is 10.2. The van der Waals surface area contributed by atoms with Crippen LogP contribution in [0.1, 0.15) is 13.8 Å². The molecule has 0 fully saturated rings. The average molecular weight is 319 g/mol. The normalized spacial score (nSPS) is 10.6. The van der Waals surface area contributed by atoms with Crippen molar-refractivity contribution in [1.29, 1.82) is 0 Å². The Morgan fingerprint density at radius 3 is 2.60 bits per heavy atom. The van der Waals surface area contributed by atoms with Gasteiger partial charge in [-0.15, -0.1) is 0 Å². The highest BCUT2D eigenvalue weighted by Crippen LogP contribution is 2.30.